The topological polar surface area (TPSA) is 58.6 Å². The molecule has 0 aromatic heterocycles. The number of amides is 2. The Hall–Kier alpha value is -2.66. The molecule has 26 heavy (non-hydrogen) atoms. The summed E-state index contributed by atoms with van der Waals surface area (Å²) in [5.74, 6) is -0.952. The molecule has 0 spiro atoms. The number of nitrogens with one attached hydrogen (secondary N) is 1. The van der Waals surface area contributed by atoms with E-state index >= 15 is 0 Å². The van der Waals surface area contributed by atoms with Gasteiger partial charge in [0.25, 0.3) is 0 Å². The molecule has 0 bridgehead atoms. The molecule has 0 saturated carbocycles. The minimum absolute atomic E-state index is 0.125. The standard InChI is InChI=1S/C21H24N2O3/c1-26-14-12-22-20(24)18-11-13-23(21(18)25)19-10-6-5-9-17(19)15-16-7-3-2-4-8-16/h2-10,18H,11-15H2,1H3,(H,22,24)/t18-/m0/s1. The molecule has 2 aromatic rings. The van der Waals surface area contributed by atoms with Gasteiger partial charge >= 0.3 is 0 Å². The fourth-order valence-corrected chi connectivity index (χ4v) is 3.30. The van der Waals surface area contributed by atoms with Crippen LogP contribution in [0, 0.1) is 5.92 Å². The Bertz CT molecular complexity index is 761. The summed E-state index contributed by atoms with van der Waals surface area (Å²) in [4.78, 5) is 26.8. The zero-order valence-electron chi connectivity index (χ0n) is 15.0. The molecule has 1 fully saturated rings. The van der Waals surface area contributed by atoms with Gasteiger partial charge in [-0.2, -0.15) is 0 Å². The van der Waals surface area contributed by atoms with E-state index < -0.39 is 5.92 Å². The first kappa shape index (κ1) is 18.1. The van der Waals surface area contributed by atoms with E-state index in [0.717, 1.165) is 17.7 Å². The van der Waals surface area contributed by atoms with Gasteiger partial charge in [0.2, 0.25) is 11.8 Å². The van der Waals surface area contributed by atoms with Crippen LogP contribution in [0.2, 0.25) is 0 Å². The van der Waals surface area contributed by atoms with Crippen LogP contribution in [0.5, 0.6) is 0 Å². The highest BCUT2D eigenvalue weighted by atomic mass is 16.5. The average Bonchev–Trinajstić information content (AvgIpc) is 3.04. The van der Waals surface area contributed by atoms with Crippen molar-refractivity contribution in [3.8, 4) is 0 Å². The summed E-state index contributed by atoms with van der Waals surface area (Å²) in [6, 6.07) is 18.1. The van der Waals surface area contributed by atoms with Crippen LogP contribution in [0.15, 0.2) is 54.6 Å². The highest BCUT2D eigenvalue weighted by Gasteiger charge is 2.38. The van der Waals surface area contributed by atoms with E-state index in [2.05, 4.69) is 17.4 Å². The lowest BCUT2D eigenvalue weighted by molar-refractivity contribution is -0.132. The molecule has 1 saturated heterocycles. The van der Waals surface area contributed by atoms with Crippen molar-refractivity contribution < 1.29 is 14.3 Å². The molecule has 1 aliphatic rings. The van der Waals surface area contributed by atoms with Crippen molar-refractivity contribution >= 4 is 17.5 Å². The normalized spacial score (nSPS) is 16.7. The van der Waals surface area contributed by atoms with Gasteiger partial charge in [0.05, 0.1) is 6.61 Å². The summed E-state index contributed by atoms with van der Waals surface area (Å²) in [6.07, 6.45) is 1.29. The molecule has 0 radical (unpaired) electrons. The third kappa shape index (κ3) is 4.11. The van der Waals surface area contributed by atoms with Crippen molar-refractivity contribution in [1.29, 1.82) is 0 Å². The molecule has 5 heteroatoms. The Morgan fingerprint density at radius 2 is 1.88 bits per heavy atom. The minimum atomic E-state index is -0.614. The maximum absolute atomic E-state index is 12.8. The number of para-hydroxylation sites is 1. The van der Waals surface area contributed by atoms with Crippen LogP contribution in [0.3, 0.4) is 0 Å². The lowest BCUT2D eigenvalue weighted by atomic mass is 10.0. The zero-order valence-corrected chi connectivity index (χ0v) is 15.0. The van der Waals surface area contributed by atoms with E-state index in [1.165, 1.54) is 5.56 Å². The SMILES string of the molecule is COCCNC(=O)[C@@H]1CCN(c2ccccc2Cc2ccccc2)C1=O. The lowest BCUT2D eigenvalue weighted by Gasteiger charge is -2.20. The molecule has 2 amide bonds. The van der Waals surface area contributed by atoms with Crippen molar-refractivity contribution in [2.75, 3.05) is 31.7 Å². The van der Waals surface area contributed by atoms with Gasteiger partial charge < -0.3 is 15.0 Å². The second-order valence-electron chi connectivity index (χ2n) is 6.41. The lowest BCUT2D eigenvalue weighted by Crippen LogP contribution is -2.38. The molecule has 2 aromatic carbocycles. The molecule has 1 heterocycles. The van der Waals surface area contributed by atoms with Crippen LogP contribution in [0.1, 0.15) is 17.5 Å². The van der Waals surface area contributed by atoms with E-state index in [9.17, 15) is 9.59 Å². The molecule has 0 unspecified atom stereocenters. The van der Waals surface area contributed by atoms with Crippen LogP contribution in [-0.2, 0) is 20.7 Å². The predicted molar refractivity (Wildman–Crippen MR) is 101 cm³/mol. The third-order valence-electron chi connectivity index (χ3n) is 4.65. The van der Waals surface area contributed by atoms with Crippen molar-refractivity contribution in [1.82, 2.24) is 5.32 Å². The first-order valence-electron chi connectivity index (χ1n) is 8.90. The van der Waals surface area contributed by atoms with Gasteiger partial charge in [0.1, 0.15) is 5.92 Å². The van der Waals surface area contributed by atoms with Gasteiger partial charge in [-0.05, 0) is 30.0 Å². The average molecular weight is 352 g/mol. The summed E-state index contributed by atoms with van der Waals surface area (Å²) in [6.45, 7) is 1.42. The largest absolute Gasteiger partial charge is 0.383 e. The molecule has 3 rings (SSSR count). The Balaban J connectivity index is 1.74. The van der Waals surface area contributed by atoms with Gasteiger partial charge in [-0.1, -0.05) is 48.5 Å². The highest BCUT2D eigenvalue weighted by Crippen LogP contribution is 2.29. The number of carbonyl (C=O) groups excluding carboxylic acids is 2. The number of carbonyl (C=O) groups is 2. The minimum Gasteiger partial charge on any atom is -0.383 e. The number of anilines is 1. The third-order valence-corrected chi connectivity index (χ3v) is 4.65. The van der Waals surface area contributed by atoms with Crippen molar-refractivity contribution in [3.63, 3.8) is 0 Å². The van der Waals surface area contributed by atoms with Crippen molar-refractivity contribution in [2.24, 2.45) is 5.92 Å². The molecule has 0 aliphatic carbocycles. The van der Waals surface area contributed by atoms with Crippen LogP contribution >= 0.6 is 0 Å². The predicted octanol–water partition coefficient (Wildman–Crippen LogP) is 2.39. The maximum atomic E-state index is 12.8. The van der Waals surface area contributed by atoms with Crippen LogP contribution in [0.25, 0.3) is 0 Å². The molecular formula is C21H24N2O3. The van der Waals surface area contributed by atoms with E-state index in [-0.39, 0.29) is 11.8 Å². The number of hydrogen-bond donors (Lipinski definition) is 1. The number of rotatable bonds is 7. The van der Waals surface area contributed by atoms with Crippen molar-refractivity contribution in [3.05, 3.63) is 65.7 Å². The summed E-state index contributed by atoms with van der Waals surface area (Å²) in [7, 11) is 1.58. The van der Waals surface area contributed by atoms with Gasteiger partial charge in [-0.15, -0.1) is 0 Å². The number of ether oxygens (including phenoxy) is 1. The van der Waals surface area contributed by atoms with Gasteiger partial charge in [-0.3, -0.25) is 9.59 Å². The Kier molecular flexibility index (Phi) is 6.02. The summed E-state index contributed by atoms with van der Waals surface area (Å²) >= 11 is 0. The summed E-state index contributed by atoms with van der Waals surface area (Å²) in [5, 5.41) is 2.77. The molecule has 1 N–H and O–H groups in total. The van der Waals surface area contributed by atoms with Crippen molar-refractivity contribution in [2.45, 2.75) is 12.8 Å². The number of nitrogens with zero attached hydrogens (tertiary/aromatic N) is 1. The summed E-state index contributed by atoms with van der Waals surface area (Å²) in [5.41, 5.74) is 3.18. The Morgan fingerprint density at radius 1 is 1.15 bits per heavy atom. The van der Waals surface area contributed by atoms with Crippen LogP contribution in [-0.4, -0.2) is 38.6 Å². The van der Waals surface area contributed by atoms with Gasteiger partial charge in [-0.25, -0.2) is 0 Å². The monoisotopic (exact) mass is 352 g/mol. The summed E-state index contributed by atoms with van der Waals surface area (Å²) < 4.78 is 4.93. The van der Waals surface area contributed by atoms with Gasteiger partial charge in [0.15, 0.2) is 0 Å². The first-order valence-corrected chi connectivity index (χ1v) is 8.90. The maximum Gasteiger partial charge on any atom is 0.239 e. The molecule has 1 aliphatic heterocycles. The molecule has 136 valence electrons. The van der Waals surface area contributed by atoms with Gasteiger partial charge in [0, 0.05) is 25.9 Å². The fraction of sp³-hybridized carbons (Fsp3) is 0.333. The quantitative estimate of drug-likeness (QED) is 0.615. The number of hydrogen-bond acceptors (Lipinski definition) is 3. The number of methoxy groups -OCH3 is 1. The van der Waals surface area contributed by atoms with E-state index in [0.29, 0.717) is 26.1 Å². The smallest absolute Gasteiger partial charge is 0.239 e. The Labute approximate surface area is 154 Å². The van der Waals surface area contributed by atoms with E-state index in [1.54, 1.807) is 12.0 Å². The zero-order chi connectivity index (χ0) is 18.4. The fourth-order valence-electron chi connectivity index (χ4n) is 3.30. The Morgan fingerprint density at radius 3 is 2.65 bits per heavy atom. The van der Waals surface area contributed by atoms with E-state index in [1.807, 2.05) is 42.5 Å². The molecule has 5 nitrogen and oxygen atoms in total. The van der Waals surface area contributed by atoms with E-state index in [4.69, 9.17) is 4.74 Å². The molecular weight excluding hydrogens is 328 g/mol. The number of benzene rings is 2. The second kappa shape index (κ2) is 8.63. The van der Waals surface area contributed by atoms with Crippen LogP contribution in [0.4, 0.5) is 5.69 Å². The second-order valence-corrected chi connectivity index (χ2v) is 6.41. The first-order chi connectivity index (χ1) is 12.7. The molecule has 1 atom stereocenters. The highest BCUT2D eigenvalue weighted by molar-refractivity contribution is 6.09. The van der Waals surface area contributed by atoms with Crippen LogP contribution < -0.4 is 10.2 Å².